The Morgan fingerprint density at radius 1 is 0.370 bits per heavy atom. The van der Waals surface area contributed by atoms with Gasteiger partial charge in [0.2, 0.25) is 0 Å². The highest BCUT2D eigenvalue weighted by molar-refractivity contribution is 6.11. The van der Waals surface area contributed by atoms with E-state index in [-0.39, 0.29) is 11.9 Å². The first kappa shape index (κ1) is 45.1. The van der Waals surface area contributed by atoms with Crippen molar-refractivity contribution < 1.29 is 28.5 Å². The van der Waals surface area contributed by atoms with E-state index in [4.69, 9.17) is 18.9 Å². The number of esters is 2. The smallest absolute Gasteiger partial charge is 0.305 e. The number of carbonyl (C=O) groups excluding carboxylic acids is 2. The van der Waals surface area contributed by atoms with E-state index in [2.05, 4.69) is 62.4 Å². The highest BCUT2D eigenvalue weighted by Gasteiger charge is 2.16. The lowest BCUT2D eigenvalue weighted by molar-refractivity contribution is -0.144. The van der Waals surface area contributed by atoms with E-state index in [9.17, 15) is 9.59 Å². The molecule has 0 aliphatic heterocycles. The molecule has 3 aromatic carbocycles. The summed E-state index contributed by atoms with van der Waals surface area (Å²) in [7, 11) is 0. The maximum Gasteiger partial charge on any atom is 0.305 e. The standard InChI is InChI=1S/C48H74O6/c1-3-5-37-51-45(49)35-23-19-15-11-7-9-13-17-21-29-39-53-47-41-31-25-27-33-43(41)48(44-34-28-26-32-42(44)47)54-40-30-22-18-14-10-8-12-16-20-24-36-46(50)52-38-6-4-2/h25-28,31-34H,3-24,29-30,35-40H2,1-2H3. The summed E-state index contributed by atoms with van der Waals surface area (Å²) in [6.07, 6.45) is 29.0. The molecule has 0 aliphatic carbocycles. The van der Waals surface area contributed by atoms with E-state index in [1.807, 2.05) is 0 Å². The largest absolute Gasteiger partial charge is 0.492 e. The molecule has 0 amide bonds. The minimum absolute atomic E-state index is 0.0294. The number of unbranched alkanes of at least 4 members (excludes halogenated alkanes) is 20. The van der Waals surface area contributed by atoms with Crippen molar-refractivity contribution in [3.63, 3.8) is 0 Å². The average Bonchev–Trinajstić information content (AvgIpc) is 3.19. The van der Waals surface area contributed by atoms with Gasteiger partial charge in [0.1, 0.15) is 11.5 Å². The molecule has 0 heterocycles. The lowest BCUT2D eigenvalue weighted by atomic mass is 10.0. The number of ether oxygens (including phenoxy) is 4. The number of benzene rings is 3. The predicted molar refractivity (Wildman–Crippen MR) is 226 cm³/mol. The highest BCUT2D eigenvalue weighted by Crippen LogP contribution is 2.42. The molecule has 3 aromatic rings. The Bertz CT molecular complexity index is 1250. The van der Waals surface area contributed by atoms with Crippen LogP contribution in [0.15, 0.2) is 48.5 Å². The fourth-order valence-corrected chi connectivity index (χ4v) is 7.08. The van der Waals surface area contributed by atoms with Crippen molar-refractivity contribution in [1.29, 1.82) is 0 Å². The summed E-state index contributed by atoms with van der Waals surface area (Å²) in [5.74, 6) is 1.90. The molecular weight excluding hydrogens is 673 g/mol. The summed E-state index contributed by atoms with van der Waals surface area (Å²) < 4.78 is 23.6. The van der Waals surface area contributed by atoms with E-state index >= 15 is 0 Å². The molecule has 0 N–H and O–H groups in total. The van der Waals surface area contributed by atoms with Crippen LogP contribution in [0.5, 0.6) is 11.5 Å². The summed E-state index contributed by atoms with van der Waals surface area (Å²) in [6.45, 7) is 6.82. The molecule has 6 heteroatoms. The lowest BCUT2D eigenvalue weighted by Gasteiger charge is -2.18. The Morgan fingerprint density at radius 3 is 0.944 bits per heavy atom. The van der Waals surface area contributed by atoms with E-state index in [0.29, 0.717) is 26.1 Å². The first-order valence-corrected chi connectivity index (χ1v) is 22.2. The summed E-state index contributed by atoms with van der Waals surface area (Å²) in [6, 6.07) is 17.1. The van der Waals surface area contributed by atoms with Gasteiger partial charge in [-0.1, -0.05) is 178 Å². The minimum atomic E-state index is -0.0294. The van der Waals surface area contributed by atoms with E-state index < -0.39 is 0 Å². The molecule has 0 bridgehead atoms. The zero-order valence-electron chi connectivity index (χ0n) is 34.3. The molecule has 0 aliphatic rings. The van der Waals surface area contributed by atoms with Crippen LogP contribution >= 0.6 is 0 Å². The Hall–Kier alpha value is -3.28. The Kier molecular flexibility index (Phi) is 25.1. The predicted octanol–water partition coefficient (Wildman–Crippen LogP) is 14.0. The van der Waals surface area contributed by atoms with Gasteiger partial charge < -0.3 is 18.9 Å². The first-order chi connectivity index (χ1) is 26.7. The van der Waals surface area contributed by atoms with E-state index in [1.165, 1.54) is 89.9 Å². The molecular formula is C48H74O6. The second kappa shape index (κ2) is 30.0. The van der Waals surface area contributed by atoms with Crippen molar-refractivity contribution >= 4 is 33.5 Å². The van der Waals surface area contributed by atoms with Crippen molar-refractivity contribution in [3.05, 3.63) is 48.5 Å². The van der Waals surface area contributed by atoms with Gasteiger partial charge >= 0.3 is 11.9 Å². The van der Waals surface area contributed by atoms with Gasteiger partial charge in [0.25, 0.3) is 0 Å². The van der Waals surface area contributed by atoms with Gasteiger partial charge in [0, 0.05) is 34.4 Å². The highest BCUT2D eigenvalue weighted by atomic mass is 16.5. The molecule has 0 aromatic heterocycles. The number of fused-ring (bicyclic) bond motifs is 2. The average molecular weight is 747 g/mol. The van der Waals surface area contributed by atoms with Crippen LogP contribution in [0.3, 0.4) is 0 Å². The molecule has 302 valence electrons. The van der Waals surface area contributed by atoms with Gasteiger partial charge in [0.15, 0.2) is 0 Å². The number of carbonyl (C=O) groups is 2. The van der Waals surface area contributed by atoms with Crippen LogP contribution in [-0.2, 0) is 19.1 Å². The first-order valence-electron chi connectivity index (χ1n) is 22.2. The Morgan fingerprint density at radius 2 is 0.648 bits per heavy atom. The normalized spacial score (nSPS) is 11.3. The molecule has 3 rings (SSSR count). The topological polar surface area (TPSA) is 71.1 Å². The third kappa shape index (κ3) is 18.8. The van der Waals surface area contributed by atoms with Crippen LogP contribution in [0.25, 0.3) is 21.5 Å². The van der Waals surface area contributed by atoms with Gasteiger partial charge in [-0.05, 0) is 38.5 Å². The van der Waals surface area contributed by atoms with Crippen LogP contribution in [0, 0.1) is 0 Å². The Labute approximate surface area is 328 Å². The van der Waals surface area contributed by atoms with Crippen LogP contribution < -0.4 is 9.47 Å². The summed E-state index contributed by atoms with van der Waals surface area (Å²) >= 11 is 0. The molecule has 0 fully saturated rings. The molecule has 6 nitrogen and oxygen atoms in total. The van der Waals surface area contributed by atoms with Crippen molar-refractivity contribution in [3.8, 4) is 11.5 Å². The van der Waals surface area contributed by atoms with Gasteiger partial charge in [-0.15, -0.1) is 0 Å². The molecule has 0 spiro atoms. The van der Waals surface area contributed by atoms with Crippen LogP contribution in [0.4, 0.5) is 0 Å². The zero-order chi connectivity index (χ0) is 38.3. The van der Waals surface area contributed by atoms with Crippen molar-refractivity contribution in [1.82, 2.24) is 0 Å². The lowest BCUT2D eigenvalue weighted by Crippen LogP contribution is -2.05. The summed E-state index contributed by atoms with van der Waals surface area (Å²) in [5.41, 5.74) is 0. The van der Waals surface area contributed by atoms with Crippen LogP contribution in [-0.4, -0.2) is 38.4 Å². The van der Waals surface area contributed by atoms with Gasteiger partial charge in [-0.25, -0.2) is 0 Å². The quantitative estimate of drug-likeness (QED) is 0.0344. The second-order valence-electron chi connectivity index (χ2n) is 15.2. The molecule has 0 saturated heterocycles. The Balaban J connectivity index is 1.28. The van der Waals surface area contributed by atoms with Crippen molar-refractivity contribution in [2.24, 2.45) is 0 Å². The summed E-state index contributed by atoms with van der Waals surface area (Å²) in [5, 5.41) is 4.52. The van der Waals surface area contributed by atoms with E-state index in [0.717, 1.165) is 110 Å². The molecule has 0 radical (unpaired) electrons. The fraction of sp³-hybridized carbons (Fsp3) is 0.667. The van der Waals surface area contributed by atoms with Gasteiger partial charge in [-0.3, -0.25) is 9.59 Å². The maximum absolute atomic E-state index is 11.7. The zero-order valence-corrected chi connectivity index (χ0v) is 34.3. The number of hydrogen-bond acceptors (Lipinski definition) is 6. The van der Waals surface area contributed by atoms with Crippen molar-refractivity contribution in [2.75, 3.05) is 26.4 Å². The molecule has 0 atom stereocenters. The molecule has 0 saturated carbocycles. The van der Waals surface area contributed by atoms with Gasteiger partial charge in [0.05, 0.1) is 26.4 Å². The number of hydrogen-bond donors (Lipinski definition) is 0. The summed E-state index contributed by atoms with van der Waals surface area (Å²) in [4.78, 5) is 23.4. The minimum Gasteiger partial charge on any atom is -0.492 e. The van der Waals surface area contributed by atoms with E-state index in [1.54, 1.807) is 0 Å². The monoisotopic (exact) mass is 747 g/mol. The third-order valence-corrected chi connectivity index (χ3v) is 10.4. The fourth-order valence-electron chi connectivity index (χ4n) is 7.08. The van der Waals surface area contributed by atoms with Crippen LogP contribution in [0.1, 0.15) is 181 Å². The number of rotatable bonds is 34. The SMILES string of the molecule is CCCCOC(=O)CCCCCCCCCCCCOc1c2ccccc2c(OCCCCCCCCCCCCC(=O)OCCCC)c2ccccc12. The second-order valence-corrected chi connectivity index (χ2v) is 15.2. The maximum atomic E-state index is 11.7. The van der Waals surface area contributed by atoms with Crippen LogP contribution in [0.2, 0.25) is 0 Å². The van der Waals surface area contributed by atoms with Gasteiger partial charge in [-0.2, -0.15) is 0 Å². The van der Waals surface area contributed by atoms with Crippen molar-refractivity contribution in [2.45, 2.75) is 181 Å². The molecule has 0 unspecified atom stereocenters. The third-order valence-electron chi connectivity index (χ3n) is 10.4. The molecule has 54 heavy (non-hydrogen) atoms.